The van der Waals surface area contributed by atoms with Gasteiger partial charge in [0, 0.05) is 12.1 Å². The van der Waals surface area contributed by atoms with Gasteiger partial charge in [-0.3, -0.25) is 0 Å². The van der Waals surface area contributed by atoms with Gasteiger partial charge in [0.25, 0.3) is 0 Å². The number of nitrogens with one attached hydrogen (secondary N) is 2. The van der Waals surface area contributed by atoms with Crippen LogP contribution in [0.4, 0.5) is 4.79 Å². The van der Waals surface area contributed by atoms with Gasteiger partial charge in [-0.05, 0) is 31.6 Å². The third-order valence-electron chi connectivity index (χ3n) is 5.62. The van der Waals surface area contributed by atoms with Gasteiger partial charge in [-0.2, -0.15) is 0 Å². The van der Waals surface area contributed by atoms with Crippen LogP contribution in [0.25, 0.3) is 0 Å². The van der Waals surface area contributed by atoms with Crippen molar-refractivity contribution in [3.05, 3.63) is 12.8 Å². The second kappa shape index (κ2) is 13.6. The highest BCUT2D eigenvalue weighted by molar-refractivity contribution is 5.80. The van der Waals surface area contributed by atoms with E-state index in [1.165, 1.54) is 64.2 Å². The first-order chi connectivity index (χ1) is 13.0. The molecule has 1 amide bonds. The maximum Gasteiger partial charge on any atom is 0.412 e. The molecule has 156 valence electrons. The fourth-order valence-electron chi connectivity index (χ4n) is 3.79. The van der Waals surface area contributed by atoms with Gasteiger partial charge in [-0.25, -0.2) is 9.59 Å². The third kappa shape index (κ3) is 9.80. The van der Waals surface area contributed by atoms with Crippen molar-refractivity contribution in [2.75, 3.05) is 0 Å². The van der Waals surface area contributed by atoms with E-state index in [1.54, 1.807) is 6.92 Å². The molecule has 0 aliphatic heterocycles. The molecule has 2 aliphatic carbocycles. The van der Waals surface area contributed by atoms with E-state index in [0.29, 0.717) is 6.42 Å². The number of alkyl carbamates (subject to hydrolysis) is 1. The summed E-state index contributed by atoms with van der Waals surface area (Å²) in [6.07, 6.45) is 15.4. The lowest BCUT2D eigenvalue weighted by molar-refractivity contribution is -0.140. The fraction of sp³-hybridized carbons (Fsp3) is 0.810. The Hall–Kier alpha value is -1.56. The average molecular weight is 383 g/mol. The summed E-state index contributed by atoms with van der Waals surface area (Å²) in [4.78, 5) is 21.7. The summed E-state index contributed by atoms with van der Waals surface area (Å²) >= 11 is 0. The number of amides is 1. The molecule has 2 unspecified atom stereocenters. The van der Waals surface area contributed by atoms with Gasteiger partial charge in [0.2, 0.25) is 0 Å². The summed E-state index contributed by atoms with van der Waals surface area (Å²) in [5.74, 6) is -1.22. The van der Waals surface area contributed by atoms with Crippen LogP contribution in [-0.4, -0.2) is 35.3 Å². The van der Waals surface area contributed by atoms with Crippen LogP contribution in [0.2, 0.25) is 0 Å². The molecule has 0 heterocycles. The van der Waals surface area contributed by atoms with Gasteiger partial charge in [-0.1, -0.05) is 65.4 Å². The summed E-state index contributed by atoms with van der Waals surface area (Å²) in [5, 5.41) is 14.9. The Morgan fingerprint density at radius 3 is 1.93 bits per heavy atom. The van der Waals surface area contributed by atoms with Crippen molar-refractivity contribution in [1.82, 2.24) is 10.6 Å². The maximum absolute atomic E-state index is 10.9. The smallest absolute Gasteiger partial charge is 0.412 e. The minimum Gasteiger partial charge on any atom is -0.480 e. The monoisotopic (exact) mass is 382 g/mol. The molecule has 2 aliphatic rings. The molecule has 0 aromatic carbocycles. The lowest BCUT2D eigenvalue weighted by Crippen LogP contribution is -2.44. The number of hydrogen-bond donors (Lipinski definition) is 3. The highest BCUT2D eigenvalue weighted by atomic mass is 16.5. The minimum absolute atomic E-state index is 0.148. The minimum atomic E-state index is -1.07. The molecular formula is C21H38N2O4. The molecule has 3 N–H and O–H groups in total. The highest BCUT2D eigenvalue weighted by Gasteiger charge is 2.25. The molecule has 0 radical (unpaired) electrons. The summed E-state index contributed by atoms with van der Waals surface area (Å²) in [5.41, 5.74) is 0. The van der Waals surface area contributed by atoms with Crippen molar-refractivity contribution in [3.8, 4) is 0 Å². The molecule has 2 saturated carbocycles. The van der Waals surface area contributed by atoms with E-state index >= 15 is 0 Å². The van der Waals surface area contributed by atoms with Gasteiger partial charge < -0.3 is 20.5 Å². The number of carboxylic acids is 1. The number of hydrogen-bond acceptors (Lipinski definition) is 4. The normalized spacial score (nSPS) is 20.5. The lowest BCUT2D eigenvalue weighted by atomic mass is 9.91. The van der Waals surface area contributed by atoms with Crippen LogP contribution in [0.5, 0.6) is 0 Å². The fourth-order valence-corrected chi connectivity index (χ4v) is 3.79. The topological polar surface area (TPSA) is 87.7 Å². The first-order valence-electron chi connectivity index (χ1n) is 10.5. The molecule has 0 aromatic heterocycles. The average Bonchev–Trinajstić information content (AvgIpc) is 2.68. The van der Waals surface area contributed by atoms with E-state index in [4.69, 9.17) is 5.11 Å². The second-order valence-corrected chi connectivity index (χ2v) is 7.75. The Morgan fingerprint density at radius 1 is 1.07 bits per heavy atom. The van der Waals surface area contributed by atoms with E-state index in [-0.39, 0.29) is 5.92 Å². The predicted octanol–water partition coefficient (Wildman–Crippen LogP) is 4.60. The van der Waals surface area contributed by atoms with E-state index in [1.807, 2.05) is 6.92 Å². The van der Waals surface area contributed by atoms with Crippen molar-refractivity contribution in [2.45, 2.75) is 103 Å². The molecule has 2 rings (SSSR count). The Balaban J connectivity index is 0.000000270. The highest BCUT2D eigenvalue weighted by Crippen LogP contribution is 2.22. The first kappa shape index (κ1) is 23.5. The van der Waals surface area contributed by atoms with Crippen molar-refractivity contribution in [3.63, 3.8) is 0 Å². The Labute approximate surface area is 164 Å². The van der Waals surface area contributed by atoms with Crippen LogP contribution in [-0.2, 0) is 9.53 Å². The van der Waals surface area contributed by atoms with Crippen LogP contribution in [0, 0.1) is 5.92 Å². The Morgan fingerprint density at radius 2 is 1.56 bits per heavy atom. The Kier molecular flexibility index (Phi) is 11.8. The van der Waals surface area contributed by atoms with Gasteiger partial charge in [0.05, 0.1) is 6.26 Å². The molecule has 0 aromatic rings. The number of carbonyl (C=O) groups excluding carboxylic acids is 1. The van der Waals surface area contributed by atoms with Crippen LogP contribution >= 0.6 is 0 Å². The summed E-state index contributed by atoms with van der Waals surface area (Å²) in [6.45, 7) is 6.78. The molecular weight excluding hydrogens is 344 g/mol. The largest absolute Gasteiger partial charge is 0.480 e. The summed E-state index contributed by atoms with van der Waals surface area (Å²) in [6, 6.07) is 0.821. The van der Waals surface area contributed by atoms with E-state index < -0.39 is 18.1 Å². The molecule has 6 nitrogen and oxygen atoms in total. The van der Waals surface area contributed by atoms with Gasteiger partial charge in [0.1, 0.15) is 6.04 Å². The molecule has 0 bridgehead atoms. The number of carbonyl (C=O) groups is 2. The van der Waals surface area contributed by atoms with Gasteiger partial charge >= 0.3 is 12.1 Å². The van der Waals surface area contributed by atoms with E-state index in [9.17, 15) is 9.59 Å². The number of carboxylic acid groups (broad SMARTS) is 1. The SMILES string of the molecule is C1CCC(NC2CCCCC2)CC1.C=COC(=O)NC(C(=O)O)C(C)CC. The predicted molar refractivity (Wildman–Crippen MR) is 108 cm³/mol. The zero-order chi connectivity index (χ0) is 20.1. The molecule has 2 atom stereocenters. The van der Waals surface area contributed by atoms with Crippen LogP contribution < -0.4 is 10.6 Å². The molecule has 0 spiro atoms. The van der Waals surface area contributed by atoms with Crippen molar-refractivity contribution in [2.24, 2.45) is 5.92 Å². The maximum atomic E-state index is 10.9. The van der Waals surface area contributed by atoms with Crippen molar-refractivity contribution in [1.29, 1.82) is 0 Å². The number of ether oxygens (including phenoxy) is 1. The molecule has 27 heavy (non-hydrogen) atoms. The molecule has 2 fully saturated rings. The summed E-state index contributed by atoms with van der Waals surface area (Å²) in [7, 11) is 0. The van der Waals surface area contributed by atoms with Crippen LogP contribution in [0.15, 0.2) is 12.8 Å². The van der Waals surface area contributed by atoms with Gasteiger partial charge in [0.15, 0.2) is 0 Å². The zero-order valence-electron chi connectivity index (χ0n) is 17.0. The second-order valence-electron chi connectivity index (χ2n) is 7.75. The quantitative estimate of drug-likeness (QED) is 0.560. The van der Waals surface area contributed by atoms with Gasteiger partial charge in [-0.15, -0.1) is 0 Å². The van der Waals surface area contributed by atoms with E-state index in [2.05, 4.69) is 21.9 Å². The number of rotatable bonds is 7. The molecule has 6 heteroatoms. The Bertz CT molecular complexity index is 427. The van der Waals surface area contributed by atoms with Crippen molar-refractivity contribution < 1.29 is 19.4 Å². The first-order valence-corrected chi connectivity index (χ1v) is 10.5. The van der Waals surface area contributed by atoms with E-state index in [0.717, 1.165) is 18.3 Å². The van der Waals surface area contributed by atoms with Crippen LogP contribution in [0.3, 0.4) is 0 Å². The van der Waals surface area contributed by atoms with Crippen molar-refractivity contribution >= 4 is 12.1 Å². The lowest BCUT2D eigenvalue weighted by Gasteiger charge is -2.30. The number of aliphatic carboxylic acids is 1. The third-order valence-corrected chi connectivity index (χ3v) is 5.62. The standard InChI is InChI=1S/C12H23N.C9H15NO4/c1-3-7-11(8-4-1)13-12-9-5-2-6-10-12;1-4-6(3)7(8(11)12)10-9(13)14-5-2/h11-13H,1-10H2;5-7H,2,4H2,1,3H3,(H,10,13)(H,11,12). The zero-order valence-corrected chi connectivity index (χ0v) is 17.0. The van der Waals surface area contributed by atoms with Crippen LogP contribution in [0.1, 0.15) is 84.5 Å². The summed E-state index contributed by atoms with van der Waals surface area (Å²) < 4.78 is 4.37. The molecule has 0 saturated heterocycles.